The van der Waals surface area contributed by atoms with Crippen LogP contribution < -0.4 is 5.32 Å². The van der Waals surface area contributed by atoms with Gasteiger partial charge in [0.15, 0.2) is 0 Å². The molecule has 18 heavy (non-hydrogen) atoms. The Balaban J connectivity index is 2.38. The average molecular weight is 244 g/mol. The smallest absolute Gasteiger partial charge is 0.335 e. The molecular weight excluding hydrogens is 232 g/mol. The fraction of sp³-hybridized carbons (Fsp3) is 0.167. The van der Waals surface area contributed by atoms with Crippen LogP contribution in [0.3, 0.4) is 0 Å². The zero-order chi connectivity index (χ0) is 13.0. The van der Waals surface area contributed by atoms with E-state index >= 15 is 0 Å². The molecule has 2 heterocycles. The summed E-state index contributed by atoms with van der Waals surface area (Å²) in [6.07, 6.45) is 3.06. The second-order valence-electron chi connectivity index (χ2n) is 3.53. The molecule has 0 bridgehead atoms. The van der Waals surface area contributed by atoms with Gasteiger partial charge in [0.25, 0.3) is 0 Å². The molecule has 2 aromatic rings. The third-order valence-electron chi connectivity index (χ3n) is 2.26. The molecule has 0 aliphatic carbocycles. The van der Waals surface area contributed by atoms with Crippen LogP contribution in [0.1, 0.15) is 17.3 Å². The topological polar surface area (TPSA) is 88.0 Å². The van der Waals surface area contributed by atoms with Gasteiger partial charge in [-0.05, 0) is 25.1 Å². The molecule has 2 aromatic heterocycles. The van der Waals surface area contributed by atoms with Crippen LogP contribution in [0.5, 0.6) is 0 Å². The second kappa shape index (κ2) is 5.22. The number of pyridine rings is 1. The first-order chi connectivity index (χ1) is 8.70. The molecule has 0 aliphatic heterocycles. The number of nitrogens with zero attached hydrogens (tertiary/aromatic N) is 3. The van der Waals surface area contributed by atoms with Crippen LogP contribution >= 0.6 is 0 Å². The maximum absolute atomic E-state index is 10.9. The fourth-order valence-electron chi connectivity index (χ4n) is 1.45. The summed E-state index contributed by atoms with van der Waals surface area (Å²) in [5, 5.41) is 11.9. The molecule has 0 radical (unpaired) electrons. The molecular formula is C12H12N4O2. The minimum Gasteiger partial charge on any atom is -0.478 e. The lowest BCUT2D eigenvalue weighted by Gasteiger charge is -2.04. The number of hydrogen-bond acceptors (Lipinski definition) is 5. The lowest BCUT2D eigenvalue weighted by molar-refractivity contribution is 0.0697. The Bertz CT molecular complexity index is 572. The van der Waals surface area contributed by atoms with Crippen LogP contribution in [0.2, 0.25) is 0 Å². The molecule has 0 saturated carbocycles. The Morgan fingerprint density at radius 1 is 1.28 bits per heavy atom. The first-order valence-corrected chi connectivity index (χ1v) is 5.47. The van der Waals surface area contributed by atoms with Crippen LogP contribution in [0, 0.1) is 0 Å². The second-order valence-corrected chi connectivity index (χ2v) is 3.53. The van der Waals surface area contributed by atoms with E-state index in [2.05, 4.69) is 20.3 Å². The zero-order valence-corrected chi connectivity index (χ0v) is 9.79. The highest BCUT2D eigenvalue weighted by Crippen LogP contribution is 2.16. The number of hydrogen-bond donors (Lipinski definition) is 2. The molecule has 0 fully saturated rings. The summed E-state index contributed by atoms with van der Waals surface area (Å²) in [4.78, 5) is 23.3. The van der Waals surface area contributed by atoms with E-state index < -0.39 is 5.97 Å². The van der Waals surface area contributed by atoms with E-state index in [-0.39, 0.29) is 5.56 Å². The molecule has 92 valence electrons. The minimum absolute atomic E-state index is 0.184. The van der Waals surface area contributed by atoms with Crippen molar-refractivity contribution in [1.82, 2.24) is 15.0 Å². The van der Waals surface area contributed by atoms with Gasteiger partial charge in [-0.25, -0.2) is 14.8 Å². The predicted molar refractivity (Wildman–Crippen MR) is 66.4 cm³/mol. The van der Waals surface area contributed by atoms with Gasteiger partial charge in [0.1, 0.15) is 0 Å². The molecule has 2 N–H and O–H groups in total. The van der Waals surface area contributed by atoms with Crippen molar-refractivity contribution < 1.29 is 9.90 Å². The van der Waals surface area contributed by atoms with Crippen LogP contribution in [0.15, 0.2) is 30.6 Å². The van der Waals surface area contributed by atoms with Crippen molar-refractivity contribution in [2.45, 2.75) is 6.92 Å². The summed E-state index contributed by atoms with van der Waals surface area (Å²) < 4.78 is 0. The Morgan fingerprint density at radius 2 is 2.06 bits per heavy atom. The highest BCUT2D eigenvalue weighted by Gasteiger charge is 2.07. The van der Waals surface area contributed by atoms with Gasteiger partial charge in [-0.1, -0.05) is 0 Å². The highest BCUT2D eigenvalue weighted by molar-refractivity contribution is 5.88. The number of aromatic carboxylic acids is 1. The molecule has 6 heteroatoms. The van der Waals surface area contributed by atoms with Crippen LogP contribution in [-0.2, 0) is 0 Å². The number of carbonyl (C=O) groups is 1. The molecule has 0 spiro atoms. The van der Waals surface area contributed by atoms with Gasteiger partial charge in [-0.2, -0.15) is 0 Å². The number of nitrogens with one attached hydrogen (secondary N) is 1. The summed E-state index contributed by atoms with van der Waals surface area (Å²) >= 11 is 0. The number of aromatic nitrogens is 3. The quantitative estimate of drug-likeness (QED) is 0.850. The maximum Gasteiger partial charge on any atom is 0.335 e. The highest BCUT2D eigenvalue weighted by atomic mass is 16.4. The number of anilines is 1. The van der Waals surface area contributed by atoms with Gasteiger partial charge < -0.3 is 10.4 Å². The Hall–Kier alpha value is -2.50. The van der Waals surface area contributed by atoms with Gasteiger partial charge in [0, 0.05) is 18.9 Å². The first-order valence-electron chi connectivity index (χ1n) is 5.47. The summed E-state index contributed by atoms with van der Waals surface area (Å²) in [5.74, 6) is -0.489. The summed E-state index contributed by atoms with van der Waals surface area (Å²) in [6, 6.07) is 4.62. The van der Waals surface area contributed by atoms with Crippen molar-refractivity contribution in [3.63, 3.8) is 0 Å². The summed E-state index contributed by atoms with van der Waals surface area (Å²) in [5.41, 5.74) is 1.28. The van der Waals surface area contributed by atoms with Crippen LogP contribution in [0.4, 0.5) is 5.95 Å². The lowest BCUT2D eigenvalue weighted by atomic mass is 10.2. The SMILES string of the molecule is CCNc1nccc(-c2cc(C(=O)O)ccn2)n1. The average Bonchev–Trinajstić information content (AvgIpc) is 2.39. The van der Waals surface area contributed by atoms with Gasteiger partial charge in [0.2, 0.25) is 5.95 Å². The van der Waals surface area contributed by atoms with Gasteiger partial charge in [-0.3, -0.25) is 4.98 Å². The summed E-state index contributed by atoms with van der Waals surface area (Å²) in [7, 11) is 0. The van der Waals surface area contributed by atoms with E-state index in [4.69, 9.17) is 5.11 Å². The van der Waals surface area contributed by atoms with Crippen molar-refractivity contribution in [2.75, 3.05) is 11.9 Å². The van der Waals surface area contributed by atoms with Crippen molar-refractivity contribution in [2.24, 2.45) is 0 Å². The van der Waals surface area contributed by atoms with Crippen molar-refractivity contribution in [3.8, 4) is 11.4 Å². The molecule has 0 unspecified atom stereocenters. The molecule has 0 amide bonds. The molecule has 0 aromatic carbocycles. The largest absolute Gasteiger partial charge is 0.478 e. The molecule has 0 aliphatic rings. The van der Waals surface area contributed by atoms with E-state index in [1.54, 1.807) is 12.3 Å². The van der Waals surface area contributed by atoms with Crippen molar-refractivity contribution in [1.29, 1.82) is 0 Å². The predicted octanol–water partition coefficient (Wildman–Crippen LogP) is 1.67. The number of carboxylic acid groups (broad SMARTS) is 1. The summed E-state index contributed by atoms with van der Waals surface area (Å²) in [6.45, 7) is 2.66. The van der Waals surface area contributed by atoms with E-state index in [1.165, 1.54) is 18.3 Å². The number of rotatable bonds is 4. The minimum atomic E-state index is -0.986. The van der Waals surface area contributed by atoms with E-state index in [0.29, 0.717) is 23.9 Å². The standard InChI is InChI=1S/C12H12N4O2/c1-2-13-12-15-6-4-9(16-12)10-7-8(11(17)18)3-5-14-10/h3-7H,2H2,1H3,(H,17,18)(H,13,15,16). The van der Waals surface area contributed by atoms with Gasteiger partial charge in [-0.15, -0.1) is 0 Å². The van der Waals surface area contributed by atoms with Crippen LogP contribution in [-0.4, -0.2) is 32.6 Å². The first kappa shape index (κ1) is 12.0. The van der Waals surface area contributed by atoms with Crippen molar-refractivity contribution in [3.05, 3.63) is 36.2 Å². The Labute approximate surface area is 104 Å². The van der Waals surface area contributed by atoms with E-state index in [9.17, 15) is 4.79 Å². The molecule has 2 rings (SSSR count). The third kappa shape index (κ3) is 2.60. The maximum atomic E-state index is 10.9. The molecule has 0 atom stereocenters. The van der Waals surface area contributed by atoms with Crippen LogP contribution in [0.25, 0.3) is 11.4 Å². The Kier molecular flexibility index (Phi) is 3.47. The van der Waals surface area contributed by atoms with Crippen molar-refractivity contribution >= 4 is 11.9 Å². The lowest BCUT2D eigenvalue weighted by Crippen LogP contribution is -2.03. The van der Waals surface area contributed by atoms with E-state index in [0.717, 1.165) is 0 Å². The normalized spacial score (nSPS) is 10.1. The molecule has 0 saturated heterocycles. The third-order valence-corrected chi connectivity index (χ3v) is 2.26. The number of carboxylic acids is 1. The Morgan fingerprint density at radius 3 is 2.78 bits per heavy atom. The molecule has 6 nitrogen and oxygen atoms in total. The monoisotopic (exact) mass is 244 g/mol. The zero-order valence-electron chi connectivity index (χ0n) is 9.79. The van der Waals surface area contributed by atoms with Gasteiger partial charge >= 0.3 is 5.97 Å². The fourth-order valence-corrected chi connectivity index (χ4v) is 1.45. The van der Waals surface area contributed by atoms with Gasteiger partial charge in [0.05, 0.1) is 17.0 Å². The van der Waals surface area contributed by atoms with E-state index in [1.807, 2.05) is 6.92 Å².